The van der Waals surface area contributed by atoms with Crippen LogP contribution in [0.2, 0.25) is 5.02 Å². The van der Waals surface area contributed by atoms with Crippen molar-refractivity contribution in [2.45, 2.75) is 50.2 Å². The van der Waals surface area contributed by atoms with Crippen molar-refractivity contribution in [3.05, 3.63) is 34.9 Å². The van der Waals surface area contributed by atoms with E-state index in [0.717, 1.165) is 44.3 Å². The zero-order chi connectivity index (χ0) is 17.9. The number of Topliss-reactive ketones (excluding diaryl/α,β-unsaturated/α-hetero) is 1. The molecule has 1 aromatic rings. The van der Waals surface area contributed by atoms with Crippen LogP contribution in [0.25, 0.3) is 0 Å². The van der Waals surface area contributed by atoms with Crippen molar-refractivity contribution in [2.24, 2.45) is 0 Å². The quantitative estimate of drug-likeness (QED) is 0.807. The average molecular weight is 381 g/mol. The zero-order valence-electron chi connectivity index (χ0n) is 14.6. The van der Waals surface area contributed by atoms with E-state index in [1.165, 1.54) is 0 Å². The number of nitrogens with one attached hydrogen (secondary N) is 1. The Bertz CT molecular complexity index is 648. The predicted octanol–water partition coefficient (Wildman–Crippen LogP) is 3.66. The van der Waals surface area contributed by atoms with Gasteiger partial charge in [-0.05, 0) is 50.4 Å². The number of nitrogens with zero attached hydrogens (tertiary/aromatic N) is 1. The molecule has 136 valence electrons. The lowest BCUT2D eigenvalue weighted by molar-refractivity contribution is -0.131. The van der Waals surface area contributed by atoms with Gasteiger partial charge in [-0.1, -0.05) is 29.8 Å². The third-order valence-corrected chi connectivity index (χ3v) is 6.10. The molecule has 3 rings (SSSR count). The molecule has 0 spiro atoms. The molecule has 6 heteroatoms. The number of likely N-dealkylation sites (N-methyl/N-ethyl adjacent to an activating group) is 1. The largest absolute Gasteiger partial charge is 0.376 e. The maximum atomic E-state index is 13.1. The number of ether oxygens (including phenoxy) is 1. The van der Waals surface area contributed by atoms with Crippen LogP contribution in [0.1, 0.15) is 44.1 Å². The first-order chi connectivity index (χ1) is 12.1. The third kappa shape index (κ3) is 3.69. The monoisotopic (exact) mass is 380 g/mol. The lowest BCUT2D eigenvalue weighted by Gasteiger charge is -2.45. The fourth-order valence-electron chi connectivity index (χ4n) is 3.93. The van der Waals surface area contributed by atoms with Crippen molar-refractivity contribution in [3.63, 3.8) is 0 Å². The first-order valence-electron chi connectivity index (χ1n) is 8.97. The molecule has 0 amide bonds. The van der Waals surface area contributed by atoms with E-state index in [-0.39, 0.29) is 11.9 Å². The van der Waals surface area contributed by atoms with Crippen molar-refractivity contribution in [1.29, 1.82) is 0 Å². The highest BCUT2D eigenvalue weighted by Crippen LogP contribution is 2.42. The molecule has 1 saturated carbocycles. The molecule has 2 fully saturated rings. The average Bonchev–Trinajstić information content (AvgIpc) is 3.14. The molecule has 1 aromatic carbocycles. The summed E-state index contributed by atoms with van der Waals surface area (Å²) < 4.78 is 5.65. The van der Waals surface area contributed by atoms with Gasteiger partial charge in [-0.3, -0.25) is 4.79 Å². The minimum absolute atomic E-state index is 0.190. The maximum absolute atomic E-state index is 13.1. The van der Waals surface area contributed by atoms with Crippen LogP contribution in [0.3, 0.4) is 0 Å². The molecule has 2 aliphatic rings. The Morgan fingerprint density at radius 2 is 2.20 bits per heavy atom. The van der Waals surface area contributed by atoms with Crippen LogP contribution in [0.5, 0.6) is 0 Å². The van der Waals surface area contributed by atoms with Gasteiger partial charge in [0.25, 0.3) is 0 Å². The van der Waals surface area contributed by atoms with Gasteiger partial charge in [0.2, 0.25) is 0 Å². The summed E-state index contributed by atoms with van der Waals surface area (Å²) in [4.78, 5) is 15.0. The van der Waals surface area contributed by atoms with Crippen LogP contribution in [-0.2, 0) is 15.1 Å². The molecule has 1 N–H and O–H groups in total. The first kappa shape index (κ1) is 18.6. The van der Waals surface area contributed by atoms with Crippen molar-refractivity contribution in [2.75, 3.05) is 20.2 Å². The SMILES string of the molecule is CN(C(=S)NCC1CCCO1)C1(c2ccccc2Cl)CCCCC1=O. The summed E-state index contributed by atoms with van der Waals surface area (Å²) in [6.07, 6.45) is 5.54. The van der Waals surface area contributed by atoms with Crippen molar-refractivity contribution >= 4 is 34.7 Å². The smallest absolute Gasteiger partial charge is 0.169 e. The summed E-state index contributed by atoms with van der Waals surface area (Å²) in [6, 6.07) is 7.62. The van der Waals surface area contributed by atoms with Gasteiger partial charge < -0.3 is 15.0 Å². The number of carbonyl (C=O) groups excluding carboxylic acids is 1. The number of benzene rings is 1. The Kier molecular flexibility index (Phi) is 5.97. The van der Waals surface area contributed by atoms with E-state index >= 15 is 0 Å². The summed E-state index contributed by atoms with van der Waals surface area (Å²) in [5.41, 5.74) is 0.0714. The number of hydrogen-bond donors (Lipinski definition) is 1. The maximum Gasteiger partial charge on any atom is 0.169 e. The first-order valence-corrected chi connectivity index (χ1v) is 9.76. The molecule has 2 unspecified atom stereocenters. The molecule has 1 aliphatic heterocycles. The van der Waals surface area contributed by atoms with E-state index in [4.69, 9.17) is 28.6 Å². The van der Waals surface area contributed by atoms with Gasteiger partial charge in [-0.15, -0.1) is 0 Å². The van der Waals surface area contributed by atoms with E-state index in [0.29, 0.717) is 23.1 Å². The summed E-state index contributed by atoms with van der Waals surface area (Å²) in [5.74, 6) is 0.190. The number of hydrogen-bond acceptors (Lipinski definition) is 3. The number of carbonyl (C=O) groups is 1. The summed E-state index contributed by atoms with van der Waals surface area (Å²) in [5, 5.41) is 4.49. The highest BCUT2D eigenvalue weighted by Gasteiger charge is 2.47. The highest BCUT2D eigenvalue weighted by atomic mass is 35.5. The van der Waals surface area contributed by atoms with E-state index < -0.39 is 5.54 Å². The molecule has 0 bridgehead atoms. The fraction of sp³-hybridized carbons (Fsp3) is 0.579. The number of thiocarbonyl (C=S) groups is 1. The number of rotatable bonds is 4. The Labute approximate surface area is 159 Å². The Balaban J connectivity index is 1.85. The third-order valence-electron chi connectivity index (χ3n) is 5.36. The van der Waals surface area contributed by atoms with Gasteiger partial charge in [0, 0.05) is 37.2 Å². The number of halogens is 1. The summed E-state index contributed by atoms with van der Waals surface area (Å²) >= 11 is 12.1. The Hall–Kier alpha value is -1.17. The van der Waals surface area contributed by atoms with Gasteiger partial charge in [0.1, 0.15) is 5.54 Å². The molecule has 25 heavy (non-hydrogen) atoms. The summed E-state index contributed by atoms with van der Waals surface area (Å²) in [7, 11) is 1.90. The van der Waals surface area contributed by atoms with Crippen LogP contribution in [0, 0.1) is 0 Å². The minimum Gasteiger partial charge on any atom is -0.376 e. The van der Waals surface area contributed by atoms with Gasteiger partial charge in [-0.25, -0.2) is 0 Å². The van der Waals surface area contributed by atoms with Crippen molar-refractivity contribution in [1.82, 2.24) is 10.2 Å². The molecule has 4 nitrogen and oxygen atoms in total. The molecule has 1 saturated heterocycles. The van der Waals surface area contributed by atoms with E-state index in [1.807, 2.05) is 36.2 Å². The standard InChI is InChI=1S/C19H25ClN2O2S/c1-22(18(25)21-13-14-7-6-12-24-14)19(11-5-4-10-17(19)23)15-8-2-3-9-16(15)20/h2-3,8-9,14H,4-7,10-13H2,1H3,(H,21,25). The number of ketones is 1. The van der Waals surface area contributed by atoms with Crippen molar-refractivity contribution < 1.29 is 9.53 Å². The molecule has 0 radical (unpaired) electrons. The fourth-order valence-corrected chi connectivity index (χ4v) is 4.46. The highest BCUT2D eigenvalue weighted by molar-refractivity contribution is 7.80. The Morgan fingerprint density at radius 1 is 1.40 bits per heavy atom. The van der Waals surface area contributed by atoms with E-state index in [9.17, 15) is 4.79 Å². The van der Waals surface area contributed by atoms with Gasteiger partial charge in [0.15, 0.2) is 10.9 Å². The molecule has 2 atom stereocenters. The lowest BCUT2D eigenvalue weighted by Crippen LogP contribution is -2.57. The van der Waals surface area contributed by atoms with Crippen LogP contribution in [0.4, 0.5) is 0 Å². The van der Waals surface area contributed by atoms with Gasteiger partial charge in [0.05, 0.1) is 6.10 Å². The van der Waals surface area contributed by atoms with Crippen LogP contribution < -0.4 is 5.32 Å². The molecule has 1 aliphatic carbocycles. The van der Waals surface area contributed by atoms with E-state index in [1.54, 1.807) is 0 Å². The second kappa shape index (κ2) is 8.02. The molecular weight excluding hydrogens is 356 g/mol. The van der Waals surface area contributed by atoms with Gasteiger partial charge in [-0.2, -0.15) is 0 Å². The van der Waals surface area contributed by atoms with Crippen LogP contribution >= 0.6 is 23.8 Å². The summed E-state index contributed by atoms with van der Waals surface area (Å²) in [6.45, 7) is 1.49. The molecule has 0 aromatic heterocycles. The minimum atomic E-state index is -0.781. The topological polar surface area (TPSA) is 41.6 Å². The normalized spacial score (nSPS) is 26.5. The van der Waals surface area contributed by atoms with Crippen LogP contribution in [-0.4, -0.2) is 42.1 Å². The molecule has 1 heterocycles. The predicted molar refractivity (Wildman–Crippen MR) is 104 cm³/mol. The Morgan fingerprint density at radius 3 is 2.88 bits per heavy atom. The second-order valence-electron chi connectivity index (χ2n) is 6.85. The second-order valence-corrected chi connectivity index (χ2v) is 7.64. The lowest BCUT2D eigenvalue weighted by atomic mass is 9.74. The molecular formula is C19H25ClN2O2S. The van der Waals surface area contributed by atoms with E-state index in [2.05, 4.69) is 5.32 Å². The van der Waals surface area contributed by atoms with Crippen LogP contribution in [0.15, 0.2) is 24.3 Å². The van der Waals surface area contributed by atoms with Crippen molar-refractivity contribution in [3.8, 4) is 0 Å². The zero-order valence-corrected chi connectivity index (χ0v) is 16.2. The van der Waals surface area contributed by atoms with Gasteiger partial charge >= 0.3 is 0 Å².